The van der Waals surface area contributed by atoms with Gasteiger partial charge in [-0.05, 0) is 31.5 Å². The minimum absolute atomic E-state index is 0. The number of guanidine groups is 1. The predicted octanol–water partition coefficient (Wildman–Crippen LogP) is 3.69. The second-order valence-electron chi connectivity index (χ2n) is 5.17. The molecule has 0 saturated carbocycles. The zero-order valence-corrected chi connectivity index (χ0v) is 18.2. The Morgan fingerprint density at radius 1 is 1.19 bits per heavy atom. The second-order valence-corrected chi connectivity index (χ2v) is 6.09. The summed E-state index contributed by atoms with van der Waals surface area (Å²) in [6.07, 6.45) is -4.53. The van der Waals surface area contributed by atoms with Crippen LogP contribution in [0.2, 0.25) is 0 Å². The zero-order chi connectivity index (χ0) is 18.7. The van der Waals surface area contributed by atoms with Crippen LogP contribution in [-0.4, -0.2) is 44.2 Å². The van der Waals surface area contributed by atoms with Gasteiger partial charge < -0.3 is 16.0 Å². The number of rotatable bonds is 8. The van der Waals surface area contributed by atoms with Gasteiger partial charge in [-0.3, -0.25) is 9.79 Å². The van der Waals surface area contributed by atoms with E-state index in [2.05, 4.69) is 36.9 Å². The van der Waals surface area contributed by atoms with Crippen molar-refractivity contribution in [2.45, 2.75) is 25.9 Å². The first-order chi connectivity index (χ1) is 11.8. The monoisotopic (exact) mass is 550 g/mol. The fourth-order valence-electron chi connectivity index (χ4n) is 1.87. The molecule has 0 aliphatic heterocycles. The van der Waals surface area contributed by atoms with Gasteiger partial charge in [0.2, 0.25) is 0 Å². The Bertz CT molecular complexity index is 585. The summed E-state index contributed by atoms with van der Waals surface area (Å²) in [5.74, 6) is 0.158. The average Bonchev–Trinajstić information content (AvgIpc) is 2.53. The molecule has 1 rings (SSSR count). The number of aliphatic imine (C=N–C) groups is 1. The largest absolute Gasteiger partial charge is 0.390 e. The molecule has 5 nitrogen and oxygen atoms in total. The SMILES string of the molecule is CCNC(=NCCCNC(=O)c1cccc(Br)c1)NCCC(F)(F)F.I. The summed E-state index contributed by atoms with van der Waals surface area (Å²) in [4.78, 5) is 16.1. The van der Waals surface area contributed by atoms with E-state index in [0.717, 1.165) is 4.47 Å². The molecule has 10 heteroatoms. The fourth-order valence-corrected chi connectivity index (χ4v) is 2.27. The highest BCUT2D eigenvalue weighted by Gasteiger charge is 2.26. The number of nitrogens with zero attached hydrogens (tertiary/aromatic N) is 1. The van der Waals surface area contributed by atoms with Crippen molar-refractivity contribution in [2.24, 2.45) is 4.99 Å². The molecule has 0 aliphatic rings. The number of halogens is 5. The van der Waals surface area contributed by atoms with Gasteiger partial charge in [0.15, 0.2) is 5.96 Å². The number of benzene rings is 1. The third-order valence-corrected chi connectivity index (χ3v) is 3.52. The van der Waals surface area contributed by atoms with Crippen LogP contribution in [-0.2, 0) is 0 Å². The standard InChI is InChI=1S/C16H22BrF3N4O.HI/c1-2-21-15(24-10-7-16(18,19)20)23-9-4-8-22-14(25)12-5-3-6-13(17)11-12;/h3,5-6,11H,2,4,7-10H2,1H3,(H,22,25)(H2,21,23,24);1H. The quantitative estimate of drug-likeness (QED) is 0.200. The van der Waals surface area contributed by atoms with Crippen LogP contribution in [0.1, 0.15) is 30.1 Å². The van der Waals surface area contributed by atoms with Crippen LogP contribution in [0.15, 0.2) is 33.7 Å². The molecule has 3 N–H and O–H groups in total. The Hall–Kier alpha value is -1.04. The fraction of sp³-hybridized carbons (Fsp3) is 0.500. The smallest absolute Gasteiger partial charge is 0.357 e. The van der Waals surface area contributed by atoms with Crippen LogP contribution in [0.4, 0.5) is 13.2 Å². The number of carbonyl (C=O) groups is 1. The van der Waals surface area contributed by atoms with E-state index < -0.39 is 12.6 Å². The Morgan fingerprint density at radius 2 is 1.92 bits per heavy atom. The van der Waals surface area contributed by atoms with Crippen LogP contribution < -0.4 is 16.0 Å². The minimum atomic E-state index is -4.19. The highest BCUT2D eigenvalue weighted by molar-refractivity contribution is 14.0. The highest BCUT2D eigenvalue weighted by atomic mass is 127. The maximum absolute atomic E-state index is 12.1. The summed E-state index contributed by atoms with van der Waals surface area (Å²) < 4.78 is 37.2. The van der Waals surface area contributed by atoms with Gasteiger partial charge in [-0.1, -0.05) is 22.0 Å². The molecular weight excluding hydrogens is 528 g/mol. The molecule has 0 saturated heterocycles. The van der Waals surface area contributed by atoms with Crippen LogP contribution in [0.25, 0.3) is 0 Å². The number of hydrogen-bond donors (Lipinski definition) is 3. The Balaban J connectivity index is 0.00000625. The van der Waals surface area contributed by atoms with Gasteiger partial charge in [0, 0.05) is 36.2 Å². The van der Waals surface area contributed by atoms with Crippen LogP contribution in [0.5, 0.6) is 0 Å². The lowest BCUT2D eigenvalue weighted by Gasteiger charge is -2.12. The van der Waals surface area contributed by atoms with Crippen molar-refractivity contribution in [2.75, 3.05) is 26.2 Å². The molecule has 1 amide bonds. The molecule has 0 atom stereocenters. The molecule has 1 aromatic rings. The number of carbonyl (C=O) groups excluding carboxylic acids is 1. The Labute approximate surface area is 176 Å². The third-order valence-electron chi connectivity index (χ3n) is 3.02. The third kappa shape index (κ3) is 11.6. The van der Waals surface area contributed by atoms with Gasteiger partial charge in [0.25, 0.3) is 5.91 Å². The van der Waals surface area contributed by atoms with E-state index in [1.165, 1.54) is 0 Å². The van der Waals surface area contributed by atoms with E-state index in [9.17, 15) is 18.0 Å². The second kappa shape index (κ2) is 13.2. The lowest BCUT2D eigenvalue weighted by Crippen LogP contribution is -2.39. The summed E-state index contributed by atoms with van der Waals surface area (Å²) in [5, 5.41) is 8.29. The van der Waals surface area contributed by atoms with E-state index in [4.69, 9.17) is 0 Å². The molecule has 26 heavy (non-hydrogen) atoms. The lowest BCUT2D eigenvalue weighted by molar-refractivity contribution is -0.132. The van der Waals surface area contributed by atoms with Crippen molar-refractivity contribution in [1.82, 2.24) is 16.0 Å². The molecule has 0 bridgehead atoms. The predicted molar refractivity (Wildman–Crippen MR) is 111 cm³/mol. The molecule has 0 heterocycles. The Morgan fingerprint density at radius 3 is 2.54 bits per heavy atom. The van der Waals surface area contributed by atoms with Crippen molar-refractivity contribution in [3.05, 3.63) is 34.3 Å². The number of hydrogen-bond acceptors (Lipinski definition) is 2. The van der Waals surface area contributed by atoms with Crippen molar-refractivity contribution < 1.29 is 18.0 Å². The molecule has 148 valence electrons. The van der Waals surface area contributed by atoms with Crippen molar-refractivity contribution in [1.29, 1.82) is 0 Å². The zero-order valence-electron chi connectivity index (χ0n) is 14.3. The molecule has 0 aromatic heterocycles. The molecule has 0 radical (unpaired) electrons. The minimum Gasteiger partial charge on any atom is -0.357 e. The van der Waals surface area contributed by atoms with E-state index in [1.54, 1.807) is 18.2 Å². The normalized spacial score (nSPS) is 11.5. The van der Waals surface area contributed by atoms with E-state index in [1.807, 2.05) is 13.0 Å². The van der Waals surface area contributed by atoms with Gasteiger partial charge in [-0.25, -0.2) is 0 Å². The van der Waals surface area contributed by atoms with Crippen LogP contribution in [0.3, 0.4) is 0 Å². The maximum atomic E-state index is 12.1. The van der Waals surface area contributed by atoms with Crippen molar-refractivity contribution in [3.8, 4) is 0 Å². The molecule has 0 aliphatic carbocycles. The van der Waals surface area contributed by atoms with Gasteiger partial charge in [0.05, 0.1) is 6.42 Å². The highest BCUT2D eigenvalue weighted by Crippen LogP contribution is 2.18. The summed E-state index contributed by atoms with van der Waals surface area (Å²) >= 11 is 3.30. The first-order valence-corrected chi connectivity index (χ1v) is 8.74. The summed E-state index contributed by atoms with van der Waals surface area (Å²) in [5.41, 5.74) is 0.556. The molecule has 0 fully saturated rings. The summed E-state index contributed by atoms with van der Waals surface area (Å²) in [6.45, 7) is 2.97. The summed E-state index contributed by atoms with van der Waals surface area (Å²) in [6, 6.07) is 7.05. The number of amides is 1. The van der Waals surface area contributed by atoms with Crippen LogP contribution >= 0.6 is 39.9 Å². The van der Waals surface area contributed by atoms with E-state index in [0.29, 0.717) is 37.6 Å². The molecule has 1 aromatic carbocycles. The van der Waals surface area contributed by atoms with Gasteiger partial charge in [-0.15, -0.1) is 24.0 Å². The topological polar surface area (TPSA) is 65.5 Å². The first-order valence-electron chi connectivity index (χ1n) is 7.94. The van der Waals surface area contributed by atoms with Crippen molar-refractivity contribution in [3.63, 3.8) is 0 Å². The summed E-state index contributed by atoms with van der Waals surface area (Å²) in [7, 11) is 0. The average molecular weight is 551 g/mol. The van der Waals surface area contributed by atoms with Crippen molar-refractivity contribution >= 4 is 51.8 Å². The van der Waals surface area contributed by atoms with Crippen LogP contribution in [0, 0.1) is 0 Å². The van der Waals surface area contributed by atoms with Gasteiger partial charge in [0.1, 0.15) is 0 Å². The number of alkyl halides is 3. The molecule has 0 unspecified atom stereocenters. The van der Waals surface area contributed by atoms with E-state index in [-0.39, 0.29) is 36.4 Å². The van der Waals surface area contributed by atoms with E-state index >= 15 is 0 Å². The first kappa shape index (κ1) is 25.0. The Kier molecular flexibility index (Phi) is 12.7. The lowest BCUT2D eigenvalue weighted by atomic mass is 10.2. The maximum Gasteiger partial charge on any atom is 0.390 e. The van der Waals surface area contributed by atoms with Gasteiger partial charge >= 0.3 is 6.18 Å². The van der Waals surface area contributed by atoms with Gasteiger partial charge in [-0.2, -0.15) is 13.2 Å². The molecular formula is C16H23BrF3IN4O. The molecule has 0 spiro atoms. The number of nitrogens with one attached hydrogen (secondary N) is 3.